The number of amides is 1. The average Bonchev–Trinajstić information content (AvgIpc) is 2.82. The highest BCUT2D eigenvalue weighted by atomic mass is 16.6. The fourth-order valence-corrected chi connectivity index (χ4v) is 1.74. The summed E-state index contributed by atoms with van der Waals surface area (Å²) in [5, 5.41) is 11.5. The van der Waals surface area contributed by atoms with Crippen molar-refractivity contribution < 1.29 is 29.0 Å². The van der Waals surface area contributed by atoms with E-state index in [-0.39, 0.29) is 6.42 Å². The summed E-state index contributed by atoms with van der Waals surface area (Å²) >= 11 is 0. The van der Waals surface area contributed by atoms with Crippen molar-refractivity contribution in [3.05, 3.63) is 18.2 Å². The molecule has 1 aromatic heterocycles. The number of ether oxygens (including phenoxy) is 2. The van der Waals surface area contributed by atoms with E-state index in [1.54, 1.807) is 41.5 Å². The quantitative estimate of drug-likeness (QED) is 0.849. The number of alkyl carbamates (subject to hydrolysis) is 1. The molecule has 9 heteroatoms. The molecule has 1 aromatic rings. The molecular formula is C16H25N3O6. The van der Waals surface area contributed by atoms with Crippen LogP contribution in [0.4, 0.5) is 9.59 Å². The number of hydrogen-bond acceptors (Lipinski definition) is 6. The number of carbonyl (C=O) groups excluding carboxylic acids is 2. The Morgan fingerprint density at radius 2 is 1.72 bits per heavy atom. The molecule has 0 unspecified atom stereocenters. The normalized spacial score (nSPS) is 13.0. The lowest BCUT2D eigenvalue weighted by molar-refractivity contribution is -0.139. The van der Waals surface area contributed by atoms with E-state index in [1.807, 2.05) is 0 Å². The first-order valence-corrected chi connectivity index (χ1v) is 7.75. The maximum absolute atomic E-state index is 11.9. The summed E-state index contributed by atoms with van der Waals surface area (Å²) < 4.78 is 11.3. The molecule has 9 nitrogen and oxygen atoms in total. The molecule has 1 heterocycles. The topological polar surface area (TPSA) is 120 Å². The van der Waals surface area contributed by atoms with Gasteiger partial charge in [0.05, 0.1) is 5.69 Å². The Labute approximate surface area is 146 Å². The molecule has 0 aliphatic rings. The molecule has 0 spiro atoms. The number of imidazole rings is 1. The zero-order chi connectivity index (χ0) is 19.4. The lowest BCUT2D eigenvalue weighted by Gasteiger charge is -2.21. The highest BCUT2D eigenvalue weighted by molar-refractivity contribution is 5.80. The minimum absolute atomic E-state index is 0.107. The van der Waals surface area contributed by atoms with E-state index in [1.165, 1.54) is 12.5 Å². The second-order valence-corrected chi connectivity index (χ2v) is 7.49. The summed E-state index contributed by atoms with van der Waals surface area (Å²) in [6, 6.07) is -1.24. The number of aliphatic carboxylic acids is 1. The second kappa shape index (κ2) is 7.54. The first-order valence-electron chi connectivity index (χ1n) is 7.75. The van der Waals surface area contributed by atoms with Gasteiger partial charge in [-0.15, -0.1) is 0 Å². The Morgan fingerprint density at radius 3 is 2.20 bits per heavy atom. The third-order valence-electron chi connectivity index (χ3n) is 2.64. The maximum atomic E-state index is 11.9. The van der Waals surface area contributed by atoms with E-state index >= 15 is 0 Å². The lowest BCUT2D eigenvalue weighted by atomic mass is 10.1. The van der Waals surface area contributed by atoms with Crippen molar-refractivity contribution in [1.29, 1.82) is 0 Å². The average molecular weight is 355 g/mol. The van der Waals surface area contributed by atoms with Crippen LogP contribution in [-0.2, 0) is 20.7 Å². The van der Waals surface area contributed by atoms with Crippen molar-refractivity contribution >= 4 is 18.2 Å². The van der Waals surface area contributed by atoms with Gasteiger partial charge in [0.25, 0.3) is 0 Å². The number of carbonyl (C=O) groups is 3. The molecule has 1 amide bonds. The molecule has 1 rings (SSSR count). The number of nitrogens with one attached hydrogen (secondary N) is 1. The molecule has 0 saturated heterocycles. The third-order valence-corrected chi connectivity index (χ3v) is 2.64. The van der Waals surface area contributed by atoms with Gasteiger partial charge in [-0.3, -0.25) is 0 Å². The Bertz CT molecular complexity index is 639. The monoisotopic (exact) mass is 355 g/mol. The summed E-state index contributed by atoms with van der Waals surface area (Å²) in [5.41, 5.74) is -1.09. The van der Waals surface area contributed by atoms with Gasteiger partial charge in [-0.05, 0) is 41.5 Å². The minimum atomic E-state index is -1.24. The summed E-state index contributed by atoms with van der Waals surface area (Å²) in [5.74, 6) is -1.24. The van der Waals surface area contributed by atoms with Crippen molar-refractivity contribution in [1.82, 2.24) is 14.9 Å². The largest absolute Gasteiger partial charge is 0.480 e. The summed E-state index contributed by atoms with van der Waals surface area (Å²) in [6.45, 7) is 10.2. The van der Waals surface area contributed by atoms with Crippen molar-refractivity contribution in [2.75, 3.05) is 0 Å². The molecule has 140 valence electrons. The van der Waals surface area contributed by atoms with E-state index < -0.39 is 35.4 Å². The van der Waals surface area contributed by atoms with Gasteiger partial charge < -0.3 is 19.9 Å². The number of aromatic nitrogens is 2. The second-order valence-electron chi connectivity index (χ2n) is 7.49. The van der Waals surface area contributed by atoms with Gasteiger partial charge in [-0.2, -0.15) is 0 Å². The van der Waals surface area contributed by atoms with E-state index in [0.29, 0.717) is 5.69 Å². The van der Waals surface area contributed by atoms with E-state index in [9.17, 15) is 19.5 Å². The number of carboxylic acids is 1. The number of rotatable bonds is 4. The molecule has 0 bridgehead atoms. The fraction of sp³-hybridized carbons (Fsp3) is 0.625. The SMILES string of the molecule is CC(C)(C)OC(=O)N[C@@H](Cc1cn(C(=O)OC(C)(C)C)cn1)C(=O)O. The third kappa shape index (κ3) is 7.69. The maximum Gasteiger partial charge on any atom is 0.419 e. The molecule has 0 aliphatic heterocycles. The van der Waals surface area contributed by atoms with Crippen LogP contribution in [0.2, 0.25) is 0 Å². The first kappa shape index (κ1) is 20.5. The molecule has 1 atom stereocenters. The van der Waals surface area contributed by atoms with Gasteiger partial charge in [0.1, 0.15) is 23.6 Å². The van der Waals surface area contributed by atoms with Gasteiger partial charge in [0.15, 0.2) is 0 Å². The lowest BCUT2D eigenvalue weighted by Crippen LogP contribution is -2.44. The molecular weight excluding hydrogens is 330 g/mol. The smallest absolute Gasteiger partial charge is 0.419 e. The van der Waals surface area contributed by atoms with Crippen LogP contribution >= 0.6 is 0 Å². The number of nitrogens with zero attached hydrogens (tertiary/aromatic N) is 2. The fourth-order valence-electron chi connectivity index (χ4n) is 1.74. The van der Waals surface area contributed by atoms with E-state index in [4.69, 9.17) is 9.47 Å². The van der Waals surface area contributed by atoms with Crippen LogP contribution in [0.15, 0.2) is 12.5 Å². The predicted molar refractivity (Wildman–Crippen MR) is 88.4 cm³/mol. The standard InChI is InChI=1S/C16H25N3O6/c1-15(2,3)24-13(22)18-11(12(20)21)7-10-8-19(9-17-10)14(23)25-16(4,5)6/h8-9,11H,7H2,1-6H3,(H,18,22)(H,20,21)/t11-/m0/s1. The van der Waals surface area contributed by atoms with E-state index in [0.717, 1.165) is 4.57 Å². The first-order chi connectivity index (χ1) is 11.3. The van der Waals surface area contributed by atoms with Crippen LogP contribution < -0.4 is 5.32 Å². The van der Waals surface area contributed by atoms with Crippen molar-refractivity contribution in [3.63, 3.8) is 0 Å². The molecule has 0 saturated carbocycles. The molecule has 25 heavy (non-hydrogen) atoms. The molecule has 0 radical (unpaired) electrons. The zero-order valence-corrected chi connectivity index (χ0v) is 15.3. The molecule has 0 aliphatic carbocycles. The van der Waals surface area contributed by atoms with Gasteiger partial charge in [0, 0.05) is 12.6 Å². The number of hydrogen-bond donors (Lipinski definition) is 2. The Kier molecular flexibility index (Phi) is 6.17. The Hall–Kier alpha value is -2.58. The van der Waals surface area contributed by atoms with Gasteiger partial charge in [-0.25, -0.2) is 23.9 Å². The van der Waals surface area contributed by atoms with Crippen LogP contribution in [-0.4, -0.2) is 50.1 Å². The van der Waals surface area contributed by atoms with Crippen LogP contribution in [0.25, 0.3) is 0 Å². The van der Waals surface area contributed by atoms with Crippen LogP contribution in [0.3, 0.4) is 0 Å². The molecule has 0 aromatic carbocycles. The minimum Gasteiger partial charge on any atom is -0.480 e. The summed E-state index contributed by atoms with van der Waals surface area (Å²) in [4.78, 5) is 39.0. The molecule has 0 fully saturated rings. The zero-order valence-electron chi connectivity index (χ0n) is 15.3. The van der Waals surface area contributed by atoms with Crippen LogP contribution in [0.1, 0.15) is 47.2 Å². The number of carboxylic acid groups (broad SMARTS) is 1. The molecule has 2 N–H and O–H groups in total. The van der Waals surface area contributed by atoms with Crippen molar-refractivity contribution in [2.24, 2.45) is 0 Å². The van der Waals surface area contributed by atoms with Crippen LogP contribution in [0.5, 0.6) is 0 Å². The highest BCUT2D eigenvalue weighted by Crippen LogP contribution is 2.11. The summed E-state index contributed by atoms with van der Waals surface area (Å²) in [6.07, 6.45) is 1.02. The van der Waals surface area contributed by atoms with Gasteiger partial charge in [-0.1, -0.05) is 0 Å². The predicted octanol–water partition coefficient (Wildman–Crippen LogP) is 2.19. The Balaban J connectivity index is 2.76. The van der Waals surface area contributed by atoms with E-state index in [2.05, 4.69) is 10.3 Å². The summed E-state index contributed by atoms with van der Waals surface area (Å²) in [7, 11) is 0. The van der Waals surface area contributed by atoms with Crippen molar-refractivity contribution in [2.45, 2.75) is 65.2 Å². The van der Waals surface area contributed by atoms with Gasteiger partial charge >= 0.3 is 18.2 Å². The Morgan fingerprint density at radius 1 is 1.16 bits per heavy atom. The van der Waals surface area contributed by atoms with Crippen LogP contribution in [0, 0.1) is 0 Å². The van der Waals surface area contributed by atoms with Crippen molar-refractivity contribution in [3.8, 4) is 0 Å². The highest BCUT2D eigenvalue weighted by Gasteiger charge is 2.25. The van der Waals surface area contributed by atoms with Gasteiger partial charge in [0.2, 0.25) is 0 Å².